The molecule has 0 heterocycles. The number of rotatable bonds is 1. The van der Waals surface area contributed by atoms with E-state index in [0.717, 1.165) is 10.8 Å². The van der Waals surface area contributed by atoms with E-state index in [4.69, 9.17) is 11.0 Å². The molecule has 0 saturated carbocycles. The molecule has 1 amide bonds. The molecule has 3 heteroatoms. The Morgan fingerprint density at radius 3 is 2.40 bits per heavy atom. The van der Waals surface area contributed by atoms with Gasteiger partial charge in [0.1, 0.15) is 0 Å². The highest BCUT2D eigenvalue weighted by atomic mass is 16.1. The van der Waals surface area contributed by atoms with Crippen LogP contribution in [0.3, 0.4) is 0 Å². The molecule has 2 rings (SSSR count). The van der Waals surface area contributed by atoms with E-state index in [0.29, 0.717) is 11.1 Å². The third-order valence-electron chi connectivity index (χ3n) is 2.31. The number of carbonyl (C=O) groups excluding carboxylic acids is 1. The summed E-state index contributed by atoms with van der Waals surface area (Å²) in [4.78, 5) is 11.2. The quantitative estimate of drug-likeness (QED) is 0.755. The molecule has 3 nitrogen and oxygen atoms in total. The van der Waals surface area contributed by atoms with Gasteiger partial charge >= 0.3 is 0 Å². The van der Waals surface area contributed by atoms with E-state index in [2.05, 4.69) is 6.07 Å². The summed E-state index contributed by atoms with van der Waals surface area (Å²) < 4.78 is 0. The Hall–Kier alpha value is -2.34. The molecule has 0 fully saturated rings. The summed E-state index contributed by atoms with van der Waals surface area (Å²) in [5.74, 6) is -0.476. The number of nitrogens with zero attached hydrogens (tertiary/aromatic N) is 1. The summed E-state index contributed by atoms with van der Waals surface area (Å²) in [5, 5.41) is 10.4. The van der Waals surface area contributed by atoms with Crippen LogP contribution in [-0.2, 0) is 0 Å². The van der Waals surface area contributed by atoms with Crippen molar-refractivity contribution >= 4 is 16.7 Å². The van der Waals surface area contributed by atoms with Crippen LogP contribution in [-0.4, -0.2) is 5.91 Å². The molecule has 0 unspecified atom stereocenters. The van der Waals surface area contributed by atoms with Crippen molar-refractivity contribution in [2.45, 2.75) is 0 Å². The van der Waals surface area contributed by atoms with Crippen LogP contribution >= 0.6 is 0 Å². The maximum atomic E-state index is 11.2. The average molecular weight is 196 g/mol. The molecule has 0 aliphatic carbocycles. The topological polar surface area (TPSA) is 66.9 Å². The molecule has 0 aliphatic heterocycles. The van der Waals surface area contributed by atoms with Crippen LogP contribution in [0.2, 0.25) is 0 Å². The first-order valence-electron chi connectivity index (χ1n) is 4.45. The molecule has 0 radical (unpaired) electrons. The molecule has 2 aromatic rings. The van der Waals surface area contributed by atoms with E-state index in [-0.39, 0.29) is 0 Å². The Morgan fingerprint density at radius 2 is 1.80 bits per heavy atom. The van der Waals surface area contributed by atoms with Gasteiger partial charge in [-0.25, -0.2) is 0 Å². The molecule has 72 valence electrons. The summed E-state index contributed by atoms with van der Waals surface area (Å²) in [6.07, 6.45) is 0. The number of amides is 1. The van der Waals surface area contributed by atoms with Crippen molar-refractivity contribution in [2.24, 2.45) is 5.73 Å². The van der Waals surface area contributed by atoms with Crippen molar-refractivity contribution in [1.29, 1.82) is 5.26 Å². The number of hydrogen-bond donors (Lipinski definition) is 1. The highest BCUT2D eigenvalue weighted by molar-refractivity contribution is 6.07. The van der Waals surface area contributed by atoms with Gasteiger partial charge in [0.2, 0.25) is 5.91 Å². The number of nitriles is 1. The first-order valence-corrected chi connectivity index (χ1v) is 4.45. The molecule has 0 atom stereocenters. The van der Waals surface area contributed by atoms with Crippen molar-refractivity contribution in [2.75, 3.05) is 0 Å². The van der Waals surface area contributed by atoms with Crippen LogP contribution in [0.15, 0.2) is 36.4 Å². The lowest BCUT2D eigenvalue weighted by Gasteiger charge is -2.03. The standard InChI is InChI=1S/C12H8N2O/c13-7-8-5-6-11(12(14)15)10-4-2-1-3-9(8)10/h1-6H,(H2,14,15). The van der Waals surface area contributed by atoms with Gasteiger partial charge < -0.3 is 5.73 Å². The maximum Gasteiger partial charge on any atom is 0.249 e. The van der Waals surface area contributed by atoms with Gasteiger partial charge in [0.05, 0.1) is 11.6 Å². The minimum atomic E-state index is -0.476. The van der Waals surface area contributed by atoms with Crippen molar-refractivity contribution in [3.05, 3.63) is 47.5 Å². The van der Waals surface area contributed by atoms with Gasteiger partial charge in [-0.15, -0.1) is 0 Å². The van der Waals surface area contributed by atoms with Crippen LogP contribution in [0, 0.1) is 11.3 Å². The minimum Gasteiger partial charge on any atom is -0.366 e. The second-order valence-corrected chi connectivity index (χ2v) is 3.18. The van der Waals surface area contributed by atoms with Gasteiger partial charge in [-0.1, -0.05) is 24.3 Å². The molecule has 0 aliphatic rings. The molecule has 0 saturated heterocycles. The van der Waals surface area contributed by atoms with Gasteiger partial charge in [-0.3, -0.25) is 4.79 Å². The Balaban J connectivity index is 2.91. The molecular formula is C12H8N2O. The van der Waals surface area contributed by atoms with Gasteiger partial charge in [0.15, 0.2) is 0 Å². The zero-order valence-corrected chi connectivity index (χ0v) is 7.90. The molecular weight excluding hydrogens is 188 g/mol. The number of hydrogen-bond acceptors (Lipinski definition) is 2. The third-order valence-corrected chi connectivity index (χ3v) is 2.31. The monoisotopic (exact) mass is 196 g/mol. The van der Waals surface area contributed by atoms with Crippen LogP contribution in [0.25, 0.3) is 10.8 Å². The lowest BCUT2D eigenvalue weighted by molar-refractivity contribution is 0.100. The predicted molar refractivity (Wildman–Crippen MR) is 57.2 cm³/mol. The second kappa shape index (κ2) is 3.43. The fourth-order valence-corrected chi connectivity index (χ4v) is 1.61. The largest absolute Gasteiger partial charge is 0.366 e. The van der Waals surface area contributed by atoms with Crippen molar-refractivity contribution in [3.8, 4) is 6.07 Å². The number of carbonyl (C=O) groups is 1. The summed E-state index contributed by atoms with van der Waals surface area (Å²) in [5.41, 5.74) is 6.25. The molecule has 2 aromatic carbocycles. The van der Waals surface area contributed by atoms with Gasteiger partial charge in [0, 0.05) is 10.9 Å². The van der Waals surface area contributed by atoms with E-state index >= 15 is 0 Å². The first kappa shape index (κ1) is 9.22. The lowest BCUT2D eigenvalue weighted by Crippen LogP contribution is -2.11. The summed E-state index contributed by atoms with van der Waals surface area (Å²) in [6.45, 7) is 0. The number of nitrogens with two attached hydrogens (primary N) is 1. The second-order valence-electron chi connectivity index (χ2n) is 3.18. The zero-order chi connectivity index (χ0) is 10.8. The molecule has 15 heavy (non-hydrogen) atoms. The Kier molecular flexibility index (Phi) is 2.11. The zero-order valence-electron chi connectivity index (χ0n) is 7.90. The summed E-state index contributed by atoms with van der Waals surface area (Å²) in [6, 6.07) is 12.5. The normalized spacial score (nSPS) is 9.80. The predicted octanol–water partition coefficient (Wildman–Crippen LogP) is 1.81. The van der Waals surface area contributed by atoms with E-state index in [1.54, 1.807) is 24.3 Å². The van der Waals surface area contributed by atoms with Crippen molar-refractivity contribution in [1.82, 2.24) is 0 Å². The number of benzene rings is 2. The van der Waals surface area contributed by atoms with Gasteiger partial charge in [0.25, 0.3) is 0 Å². The fourth-order valence-electron chi connectivity index (χ4n) is 1.61. The lowest BCUT2D eigenvalue weighted by atomic mass is 10.00. The highest BCUT2D eigenvalue weighted by Crippen LogP contribution is 2.21. The van der Waals surface area contributed by atoms with Crippen molar-refractivity contribution in [3.63, 3.8) is 0 Å². The third kappa shape index (κ3) is 1.42. The van der Waals surface area contributed by atoms with Gasteiger partial charge in [-0.2, -0.15) is 5.26 Å². The number of primary amides is 1. The smallest absolute Gasteiger partial charge is 0.249 e. The Morgan fingerprint density at radius 1 is 1.13 bits per heavy atom. The van der Waals surface area contributed by atoms with Crippen LogP contribution < -0.4 is 5.73 Å². The van der Waals surface area contributed by atoms with E-state index < -0.39 is 5.91 Å². The van der Waals surface area contributed by atoms with E-state index in [1.807, 2.05) is 12.1 Å². The van der Waals surface area contributed by atoms with Gasteiger partial charge in [-0.05, 0) is 17.5 Å². The maximum absolute atomic E-state index is 11.2. The van der Waals surface area contributed by atoms with E-state index in [1.165, 1.54) is 0 Å². The molecule has 0 bridgehead atoms. The van der Waals surface area contributed by atoms with Crippen LogP contribution in [0.4, 0.5) is 0 Å². The molecule has 2 N–H and O–H groups in total. The average Bonchev–Trinajstić information content (AvgIpc) is 2.27. The Bertz CT molecular complexity index is 582. The SMILES string of the molecule is N#Cc1ccc(C(N)=O)c2ccccc12. The number of fused-ring (bicyclic) bond motifs is 1. The minimum absolute atomic E-state index is 0.449. The summed E-state index contributed by atoms with van der Waals surface area (Å²) >= 11 is 0. The highest BCUT2D eigenvalue weighted by Gasteiger charge is 2.08. The first-order chi connectivity index (χ1) is 7.24. The van der Waals surface area contributed by atoms with Crippen molar-refractivity contribution < 1.29 is 4.79 Å². The molecule has 0 aromatic heterocycles. The van der Waals surface area contributed by atoms with Crippen LogP contribution in [0.5, 0.6) is 0 Å². The molecule has 0 spiro atoms. The summed E-state index contributed by atoms with van der Waals surface area (Å²) in [7, 11) is 0. The van der Waals surface area contributed by atoms with Crippen LogP contribution in [0.1, 0.15) is 15.9 Å². The van der Waals surface area contributed by atoms with E-state index in [9.17, 15) is 4.79 Å². The Labute approximate surface area is 86.7 Å². The fraction of sp³-hybridized carbons (Fsp3) is 0.